The third-order valence-corrected chi connectivity index (χ3v) is 5.70. The molecule has 184 valence electrons. The molecule has 1 saturated heterocycles. The van der Waals surface area contributed by atoms with Gasteiger partial charge < -0.3 is 14.2 Å². The average Bonchev–Trinajstić information content (AvgIpc) is 3.17. The van der Waals surface area contributed by atoms with E-state index < -0.39 is 24.0 Å². The molecular weight excluding hydrogens is 454 g/mol. The molecule has 0 radical (unpaired) electrons. The molecule has 0 saturated carbocycles. The van der Waals surface area contributed by atoms with Crippen LogP contribution in [-0.2, 0) is 23.9 Å². The van der Waals surface area contributed by atoms with Gasteiger partial charge in [-0.2, -0.15) is 0 Å². The number of likely N-dealkylation sites (tertiary alicyclic amines) is 1. The molecule has 1 fully saturated rings. The van der Waals surface area contributed by atoms with Crippen molar-refractivity contribution in [3.8, 4) is 16.9 Å². The van der Waals surface area contributed by atoms with Crippen LogP contribution in [0.3, 0.4) is 0 Å². The minimum atomic E-state index is -0.706. The number of nitrogens with zero attached hydrogens (tertiary/aromatic N) is 1. The second-order valence-electron chi connectivity index (χ2n) is 8.00. The summed E-state index contributed by atoms with van der Waals surface area (Å²) in [5, 5.41) is 10.2. The van der Waals surface area contributed by atoms with Crippen molar-refractivity contribution in [3.05, 3.63) is 54.1 Å². The number of carbonyl (C=O) groups is 4. The molecule has 3 amide bonds. The van der Waals surface area contributed by atoms with E-state index in [1.54, 1.807) is 24.3 Å². The van der Waals surface area contributed by atoms with Crippen molar-refractivity contribution >= 4 is 29.7 Å². The second kappa shape index (κ2) is 11.3. The number of carbonyl (C=O) groups excluding carboxylic acids is 4. The van der Waals surface area contributed by atoms with E-state index in [1.807, 2.05) is 24.3 Å². The number of rotatable bonds is 7. The lowest BCUT2D eigenvalue weighted by molar-refractivity contribution is -0.148. The van der Waals surface area contributed by atoms with Crippen LogP contribution in [0.1, 0.15) is 25.3 Å². The van der Waals surface area contributed by atoms with Gasteiger partial charge in [0, 0.05) is 12.5 Å². The zero-order valence-corrected chi connectivity index (χ0v) is 19.7. The van der Waals surface area contributed by atoms with Crippen LogP contribution in [0.4, 0.5) is 4.79 Å². The van der Waals surface area contributed by atoms with Crippen molar-refractivity contribution in [2.24, 2.45) is 5.92 Å². The summed E-state index contributed by atoms with van der Waals surface area (Å²) in [6, 6.07) is 13.9. The van der Waals surface area contributed by atoms with Gasteiger partial charge in [-0.05, 0) is 29.7 Å². The number of amidine groups is 1. The summed E-state index contributed by atoms with van der Waals surface area (Å²) in [5.74, 6) is -1.36. The Morgan fingerprint density at radius 1 is 1.00 bits per heavy atom. The van der Waals surface area contributed by atoms with E-state index in [9.17, 15) is 19.2 Å². The van der Waals surface area contributed by atoms with Crippen LogP contribution in [0.15, 0.2) is 48.5 Å². The van der Waals surface area contributed by atoms with Crippen molar-refractivity contribution < 1.29 is 33.4 Å². The highest BCUT2D eigenvalue weighted by molar-refractivity contribution is 6.04. The molecule has 3 rings (SSSR count). The normalized spacial score (nSPS) is 17.0. The van der Waals surface area contributed by atoms with Gasteiger partial charge in [0.25, 0.3) is 0 Å². The third kappa shape index (κ3) is 6.23. The Morgan fingerprint density at radius 2 is 1.60 bits per heavy atom. The minimum absolute atomic E-state index is 0.0639. The van der Waals surface area contributed by atoms with E-state index in [2.05, 4.69) is 14.8 Å². The Labute approximate surface area is 202 Å². The molecule has 0 bridgehead atoms. The zero-order valence-electron chi connectivity index (χ0n) is 19.7. The van der Waals surface area contributed by atoms with E-state index in [-0.39, 0.29) is 30.7 Å². The molecular formula is C25H27N3O7. The zero-order chi connectivity index (χ0) is 25.5. The van der Waals surface area contributed by atoms with Gasteiger partial charge in [0.15, 0.2) is 0 Å². The summed E-state index contributed by atoms with van der Waals surface area (Å²) >= 11 is 0. The van der Waals surface area contributed by atoms with Crippen molar-refractivity contribution in [1.82, 2.24) is 10.2 Å². The molecule has 10 heteroatoms. The number of benzene rings is 2. The van der Waals surface area contributed by atoms with Gasteiger partial charge in [-0.25, -0.2) is 4.79 Å². The number of esters is 1. The smallest absolute Gasteiger partial charge is 0.412 e. The number of imide groups is 1. The monoisotopic (exact) mass is 481 g/mol. The van der Waals surface area contributed by atoms with E-state index in [0.717, 1.165) is 16.0 Å². The predicted molar refractivity (Wildman–Crippen MR) is 126 cm³/mol. The summed E-state index contributed by atoms with van der Waals surface area (Å²) in [5.41, 5.74) is 2.35. The summed E-state index contributed by atoms with van der Waals surface area (Å²) in [4.78, 5) is 48.6. The first-order valence-corrected chi connectivity index (χ1v) is 10.9. The van der Waals surface area contributed by atoms with E-state index >= 15 is 0 Å². The molecule has 0 aliphatic carbocycles. The molecule has 0 unspecified atom stereocenters. The number of hydrogen-bond acceptors (Lipinski definition) is 8. The summed E-state index contributed by atoms with van der Waals surface area (Å²) in [6.07, 6.45) is -0.443. The maximum atomic E-state index is 12.6. The van der Waals surface area contributed by atoms with Gasteiger partial charge in [-0.3, -0.25) is 30.0 Å². The predicted octanol–water partition coefficient (Wildman–Crippen LogP) is 2.74. The van der Waals surface area contributed by atoms with E-state index in [0.29, 0.717) is 17.7 Å². The van der Waals surface area contributed by atoms with Crippen LogP contribution in [0, 0.1) is 11.3 Å². The van der Waals surface area contributed by atoms with Crippen molar-refractivity contribution in [2.45, 2.75) is 25.8 Å². The van der Waals surface area contributed by atoms with Crippen LogP contribution < -0.4 is 10.1 Å². The molecule has 1 aliphatic rings. The number of amides is 3. The SMILES string of the molecule is COC(=O)C[C@@H]1C[C@@H](COc2ccc(-c3ccc(C(=N)NC(=O)OC)cc3)cc2)N(C(C)=O)C1=O. The van der Waals surface area contributed by atoms with Crippen LogP contribution >= 0.6 is 0 Å². The summed E-state index contributed by atoms with van der Waals surface area (Å²) in [7, 11) is 2.49. The fourth-order valence-corrected chi connectivity index (χ4v) is 3.91. The first-order chi connectivity index (χ1) is 16.7. The molecule has 2 atom stereocenters. The van der Waals surface area contributed by atoms with Gasteiger partial charge in [0.05, 0.1) is 32.6 Å². The van der Waals surface area contributed by atoms with Gasteiger partial charge in [-0.1, -0.05) is 36.4 Å². The molecule has 1 heterocycles. The number of alkyl carbamates (subject to hydrolysis) is 1. The lowest BCUT2D eigenvalue weighted by atomic mass is 10.0. The van der Waals surface area contributed by atoms with Crippen LogP contribution in [-0.4, -0.2) is 61.5 Å². The van der Waals surface area contributed by atoms with Gasteiger partial charge in [-0.15, -0.1) is 0 Å². The molecule has 0 aromatic heterocycles. The maximum Gasteiger partial charge on any atom is 0.412 e. The summed E-state index contributed by atoms with van der Waals surface area (Å²) < 4.78 is 15.0. The number of methoxy groups -OCH3 is 2. The van der Waals surface area contributed by atoms with E-state index in [4.69, 9.17) is 10.1 Å². The Morgan fingerprint density at radius 3 is 2.14 bits per heavy atom. The van der Waals surface area contributed by atoms with E-state index in [1.165, 1.54) is 21.1 Å². The molecule has 0 spiro atoms. The fraction of sp³-hybridized carbons (Fsp3) is 0.320. The maximum absolute atomic E-state index is 12.6. The van der Waals surface area contributed by atoms with Crippen molar-refractivity contribution in [3.63, 3.8) is 0 Å². The standard InChI is InChI=1S/C25H27N3O7/c1-15(29)28-20(12-19(24(28)31)13-22(30)33-2)14-35-21-10-8-17(9-11-21)16-4-6-18(7-5-16)23(26)27-25(32)34-3/h4-11,19-20H,12-14H2,1-3H3,(H2,26,27,32)/t19-,20-/m0/s1. The van der Waals surface area contributed by atoms with Crippen molar-refractivity contribution in [2.75, 3.05) is 20.8 Å². The summed E-state index contributed by atoms with van der Waals surface area (Å²) in [6.45, 7) is 1.44. The van der Waals surface area contributed by atoms with Crippen molar-refractivity contribution in [1.29, 1.82) is 5.41 Å². The van der Waals surface area contributed by atoms with Gasteiger partial charge >= 0.3 is 12.1 Å². The van der Waals surface area contributed by atoms with Crippen LogP contribution in [0.2, 0.25) is 0 Å². The minimum Gasteiger partial charge on any atom is -0.491 e. The number of nitrogens with one attached hydrogen (secondary N) is 2. The largest absolute Gasteiger partial charge is 0.491 e. The number of hydrogen-bond donors (Lipinski definition) is 2. The Bertz CT molecular complexity index is 1110. The molecule has 10 nitrogen and oxygen atoms in total. The Kier molecular flexibility index (Phi) is 8.19. The highest BCUT2D eigenvalue weighted by Gasteiger charge is 2.43. The second-order valence-corrected chi connectivity index (χ2v) is 8.00. The molecule has 2 N–H and O–H groups in total. The van der Waals surface area contributed by atoms with Gasteiger partial charge in [0.2, 0.25) is 11.8 Å². The lowest BCUT2D eigenvalue weighted by Gasteiger charge is -2.21. The first kappa shape index (κ1) is 25.4. The first-order valence-electron chi connectivity index (χ1n) is 10.9. The fourth-order valence-electron chi connectivity index (χ4n) is 3.91. The molecule has 1 aliphatic heterocycles. The quantitative estimate of drug-likeness (QED) is 0.353. The van der Waals surface area contributed by atoms with Crippen LogP contribution in [0.25, 0.3) is 11.1 Å². The topological polar surface area (TPSA) is 135 Å². The average molecular weight is 482 g/mol. The van der Waals surface area contributed by atoms with Gasteiger partial charge in [0.1, 0.15) is 18.2 Å². The lowest BCUT2D eigenvalue weighted by Crippen LogP contribution is -2.40. The molecule has 2 aromatic rings. The molecule has 2 aromatic carbocycles. The highest BCUT2D eigenvalue weighted by Crippen LogP contribution is 2.29. The van der Waals surface area contributed by atoms with Crippen LogP contribution in [0.5, 0.6) is 5.75 Å². The Balaban J connectivity index is 1.61. The highest BCUT2D eigenvalue weighted by atomic mass is 16.5. The Hall–Kier alpha value is -4.21. The third-order valence-electron chi connectivity index (χ3n) is 5.70. The number of ether oxygens (including phenoxy) is 3. The molecule has 35 heavy (non-hydrogen) atoms.